The topological polar surface area (TPSA) is 46.5 Å². The summed E-state index contributed by atoms with van der Waals surface area (Å²) in [6.45, 7) is 6.49. The summed E-state index contributed by atoms with van der Waals surface area (Å²) in [6, 6.07) is 0. The number of aliphatic hydroxyl groups excluding tert-OH is 1. The highest BCUT2D eigenvalue weighted by Crippen LogP contribution is 2.49. The van der Waals surface area contributed by atoms with Crippen molar-refractivity contribution < 1.29 is 14.6 Å². The maximum absolute atomic E-state index is 11.8. The lowest BCUT2D eigenvalue weighted by Gasteiger charge is -2.42. The van der Waals surface area contributed by atoms with Gasteiger partial charge >= 0.3 is 5.97 Å². The third-order valence-electron chi connectivity index (χ3n) is 5.61. The number of carbonyl (C=O) groups excluding carboxylic acids is 1. The van der Waals surface area contributed by atoms with Gasteiger partial charge in [-0.3, -0.25) is 4.79 Å². The van der Waals surface area contributed by atoms with Crippen molar-refractivity contribution in [2.24, 2.45) is 23.7 Å². The van der Waals surface area contributed by atoms with Gasteiger partial charge in [0.2, 0.25) is 0 Å². The van der Waals surface area contributed by atoms with E-state index in [0.717, 1.165) is 25.7 Å². The second-order valence-electron chi connectivity index (χ2n) is 7.05. The van der Waals surface area contributed by atoms with Crippen LogP contribution in [-0.4, -0.2) is 39.9 Å². The third-order valence-corrected chi connectivity index (χ3v) is 9.02. The van der Waals surface area contributed by atoms with Crippen LogP contribution in [-0.2, 0) is 9.53 Å². The normalized spacial score (nSPS) is 36.0. The second kappa shape index (κ2) is 7.80. The van der Waals surface area contributed by atoms with Gasteiger partial charge in [-0.1, -0.05) is 13.8 Å². The molecule has 22 heavy (non-hydrogen) atoms. The lowest BCUT2D eigenvalue weighted by molar-refractivity contribution is -0.151. The first-order valence-electron chi connectivity index (χ1n) is 8.42. The fourth-order valence-corrected chi connectivity index (χ4v) is 6.87. The second-order valence-corrected chi connectivity index (χ2v) is 10.5. The van der Waals surface area contributed by atoms with E-state index in [1.54, 1.807) is 0 Å². The molecule has 5 heteroatoms. The van der Waals surface area contributed by atoms with Crippen molar-refractivity contribution in [1.82, 2.24) is 0 Å². The molecule has 3 nitrogen and oxygen atoms in total. The Balaban J connectivity index is 1.97. The summed E-state index contributed by atoms with van der Waals surface area (Å²) >= 11 is 4.12. The Morgan fingerprint density at radius 1 is 1.36 bits per heavy atom. The van der Waals surface area contributed by atoms with Crippen LogP contribution in [0.5, 0.6) is 0 Å². The van der Waals surface area contributed by atoms with Gasteiger partial charge in [0.1, 0.15) is 0 Å². The van der Waals surface area contributed by atoms with Crippen molar-refractivity contribution in [1.29, 1.82) is 0 Å². The lowest BCUT2D eigenvalue weighted by Crippen LogP contribution is -2.43. The standard InChI is InChI=1S/C17H30O3S2/c1-11-5-6-14(12(2)16(19)20-4)15(18)13(11)7-8-17(3)21-9-10-22-17/h11-15,18H,5-10H2,1-4H3/t11-,12-,13+,14+,15+/m1/s1. The van der Waals surface area contributed by atoms with E-state index in [4.69, 9.17) is 4.74 Å². The molecule has 0 amide bonds. The lowest BCUT2D eigenvalue weighted by atomic mass is 9.67. The molecule has 0 aromatic heterocycles. The van der Waals surface area contributed by atoms with Gasteiger partial charge in [0.05, 0.1) is 23.2 Å². The van der Waals surface area contributed by atoms with Crippen LogP contribution in [0.15, 0.2) is 0 Å². The van der Waals surface area contributed by atoms with E-state index >= 15 is 0 Å². The van der Waals surface area contributed by atoms with Crippen LogP contribution in [0.1, 0.15) is 46.5 Å². The van der Waals surface area contributed by atoms with Gasteiger partial charge in [0, 0.05) is 11.5 Å². The average molecular weight is 347 g/mol. The Hall–Kier alpha value is 0.130. The monoisotopic (exact) mass is 346 g/mol. The van der Waals surface area contributed by atoms with E-state index in [0.29, 0.717) is 15.9 Å². The van der Waals surface area contributed by atoms with Gasteiger partial charge in [0.25, 0.3) is 0 Å². The quantitative estimate of drug-likeness (QED) is 0.767. The summed E-state index contributed by atoms with van der Waals surface area (Å²) < 4.78 is 5.20. The molecule has 1 aliphatic carbocycles. The van der Waals surface area contributed by atoms with Crippen LogP contribution in [0.3, 0.4) is 0 Å². The molecule has 1 saturated carbocycles. The van der Waals surface area contributed by atoms with Crippen LogP contribution >= 0.6 is 23.5 Å². The SMILES string of the molecule is COC(=O)[C@H](C)[C@@H]1CC[C@@H](C)[C@H](CCC2(C)SCCS2)[C@@H]1O. The molecule has 0 aromatic carbocycles. The van der Waals surface area contributed by atoms with Gasteiger partial charge in [-0.15, -0.1) is 23.5 Å². The third kappa shape index (κ3) is 4.15. The average Bonchev–Trinajstić information content (AvgIpc) is 2.92. The van der Waals surface area contributed by atoms with E-state index in [1.165, 1.54) is 18.6 Å². The zero-order valence-electron chi connectivity index (χ0n) is 14.2. The molecule has 2 aliphatic rings. The molecule has 2 rings (SSSR count). The minimum absolute atomic E-state index is 0.0466. The van der Waals surface area contributed by atoms with Crippen LogP contribution in [0.2, 0.25) is 0 Å². The van der Waals surface area contributed by atoms with Crippen molar-refractivity contribution >= 4 is 29.5 Å². The molecule has 1 aliphatic heterocycles. The van der Waals surface area contributed by atoms with E-state index in [2.05, 4.69) is 37.4 Å². The molecule has 0 radical (unpaired) electrons. The van der Waals surface area contributed by atoms with Crippen LogP contribution in [0.4, 0.5) is 0 Å². The summed E-state index contributed by atoms with van der Waals surface area (Å²) in [4.78, 5) is 11.8. The Morgan fingerprint density at radius 3 is 2.59 bits per heavy atom. The molecule has 0 bridgehead atoms. The molecule has 1 N–H and O–H groups in total. The zero-order valence-corrected chi connectivity index (χ0v) is 15.8. The first-order valence-corrected chi connectivity index (χ1v) is 10.4. The number of esters is 1. The first-order chi connectivity index (χ1) is 10.4. The molecule has 128 valence electrons. The van der Waals surface area contributed by atoms with Crippen LogP contribution in [0.25, 0.3) is 0 Å². The zero-order chi connectivity index (χ0) is 16.3. The molecule has 1 saturated heterocycles. The molecular formula is C17H30O3S2. The maximum Gasteiger partial charge on any atom is 0.308 e. The van der Waals surface area contributed by atoms with Crippen LogP contribution < -0.4 is 0 Å². The summed E-state index contributed by atoms with van der Waals surface area (Å²) in [5, 5.41) is 10.9. The summed E-state index contributed by atoms with van der Waals surface area (Å²) in [6.07, 6.45) is 3.86. The fourth-order valence-electron chi connectivity index (χ4n) is 3.99. The Labute approximate surface area is 143 Å². The number of thioether (sulfide) groups is 2. The van der Waals surface area contributed by atoms with E-state index in [-0.39, 0.29) is 23.9 Å². The molecule has 2 fully saturated rings. The van der Waals surface area contributed by atoms with Crippen molar-refractivity contribution in [2.75, 3.05) is 18.6 Å². The van der Waals surface area contributed by atoms with Crippen molar-refractivity contribution in [3.8, 4) is 0 Å². The highest BCUT2D eigenvalue weighted by atomic mass is 32.2. The van der Waals surface area contributed by atoms with Crippen molar-refractivity contribution in [3.63, 3.8) is 0 Å². The van der Waals surface area contributed by atoms with E-state index in [9.17, 15) is 9.90 Å². The van der Waals surface area contributed by atoms with Crippen LogP contribution in [0, 0.1) is 23.7 Å². The van der Waals surface area contributed by atoms with Crippen molar-refractivity contribution in [2.45, 2.75) is 56.6 Å². The number of ether oxygens (including phenoxy) is 1. The molecule has 0 aromatic rings. The fraction of sp³-hybridized carbons (Fsp3) is 0.941. The predicted molar refractivity (Wildman–Crippen MR) is 95.1 cm³/mol. The number of aliphatic hydroxyl groups is 1. The Kier molecular flexibility index (Phi) is 6.55. The number of methoxy groups -OCH3 is 1. The minimum Gasteiger partial charge on any atom is -0.469 e. The molecule has 0 spiro atoms. The van der Waals surface area contributed by atoms with E-state index in [1.807, 2.05) is 6.92 Å². The molecule has 1 heterocycles. The number of hydrogen-bond acceptors (Lipinski definition) is 5. The van der Waals surface area contributed by atoms with Gasteiger partial charge < -0.3 is 9.84 Å². The molecule has 5 atom stereocenters. The summed E-state index contributed by atoms with van der Waals surface area (Å²) in [7, 11) is 1.43. The summed E-state index contributed by atoms with van der Waals surface area (Å²) in [5.41, 5.74) is 0. The number of carbonyl (C=O) groups is 1. The highest BCUT2D eigenvalue weighted by Gasteiger charge is 2.42. The molecular weight excluding hydrogens is 316 g/mol. The van der Waals surface area contributed by atoms with Gasteiger partial charge in [0.15, 0.2) is 0 Å². The number of hydrogen-bond donors (Lipinski definition) is 1. The minimum atomic E-state index is -0.377. The summed E-state index contributed by atoms with van der Waals surface area (Å²) in [5.74, 6) is 2.98. The van der Waals surface area contributed by atoms with Crippen molar-refractivity contribution in [3.05, 3.63) is 0 Å². The van der Waals surface area contributed by atoms with Gasteiger partial charge in [-0.25, -0.2) is 0 Å². The highest BCUT2D eigenvalue weighted by molar-refractivity contribution is 8.21. The number of rotatable bonds is 5. The molecule has 0 unspecified atom stereocenters. The predicted octanol–water partition coefficient (Wildman–Crippen LogP) is 3.80. The largest absolute Gasteiger partial charge is 0.469 e. The van der Waals surface area contributed by atoms with E-state index < -0.39 is 0 Å². The van der Waals surface area contributed by atoms with Gasteiger partial charge in [-0.2, -0.15) is 0 Å². The smallest absolute Gasteiger partial charge is 0.308 e. The van der Waals surface area contributed by atoms with Gasteiger partial charge in [-0.05, 0) is 50.4 Å². The first kappa shape index (κ1) is 18.5. The maximum atomic E-state index is 11.8. The Bertz CT molecular complexity index is 382. The Morgan fingerprint density at radius 2 is 2.00 bits per heavy atom.